The molecule has 8 heavy (non-hydrogen) atoms. The Morgan fingerprint density at radius 3 is 2.12 bits per heavy atom. The van der Waals surface area contributed by atoms with Crippen LogP contribution in [0.1, 0.15) is 19.8 Å². The lowest BCUT2D eigenvalue weighted by atomic mass is 10.2. The van der Waals surface area contributed by atoms with Gasteiger partial charge in [0.1, 0.15) is 0 Å². The topological polar surface area (TPSA) is 26.0 Å². The Kier molecular flexibility index (Phi) is 4.90. The van der Waals surface area contributed by atoms with Gasteiger partial charge in [-0.3, -0.25) is 0 Å². The van der Waals surface area contributed by atoms with Gasteiger partial charge >= 0.3 is 0 Å². The van der Waals surface area contributed by atoms with Gasteiger partial charge in [0, 0.05) is 10.6 Å². The van der Waals surface area contributed by atoms with Gasteiger partial charge in [0.05, 0.1) is 0 Å². The van der Waals surface area contributed by atoms with Crippen molar-refractivity contribution in [1.82, 2.24) is 0 Å². The molecule has 0 aromatic carbocycles. The van der Waals surface area contributed by atoms with Crippen LogP contribution in [-0.2, 0) is 0 Å². The lowest BCUT2D eigenvalue weighted by Crippen LogP contribution is -2.20. The fourth-order valence-corrected chi connectivity index (χ4v) is 0.979. The van der Waals surface area contributed by atoms with E-state index in [4.69, 9.17) is 5.73 Å². The minimum atomic E-state index is 0.143. The zero-order valence-corrected chi connectivity index (χ0v) is 6.83. The van der Waals surface area contributed by atoms with Gasteiger partial charge in [0.15, 0.2) is 0 Å². The standard InChI is InChI=1S/C5H13NS2/c1-2-4(6)3-5(7)8/h4-5,7-8H,2-3,6H2,1H3. The molecule has 1 atom stereocenters. The maximum absolute atomic E-state index is 5.58. The summed E-state index contributed by atoms with van der Waals surface area (Å²) in [7, 11) is 0. The van der Waals surface area contributed by atoms with Crippen molar-refractivity contribution >= 4 is 25.3 Å². The zero-order valence-electron chi connectivity index (χ0n) is 5.04. The molecule has 1 nitrogen and oxygen atoms in total. The highest BCUT2D eigenvalue weighted by Gasteiger charge is 2.01. The molecule has 0 spiro atoms. The van der Waals surface area contributed by atoms with E-state index in [0.717, 1.165) is 12.8 Å². The van der Waals surface area contributed by atoms with Crippen molar-refractivity contribution in [3.05, 3.63) is 0 Å². The monoisotopic (exact) mass is 151 g/mol. The van der Waals surface area contributed by atoms with Crippen LogP contribution in [0, 0.1) is 0 Å². The predicted octanol–water partition coefficient (Wildman–Crippen LogP) is 1.30. The van der Waals surface area contributed by atoms with Crippen LogP contribution >= 0.6 is 25.3 Å². The first-order chi connectivity index (χ1) is 3.66. The fraction of sp³-hybridized carbons (Fsp3) is 1.00. The van der Waals surface area contributed by atoms with Crippen LogP contribution in [0.25, 0.3) is 0 Å². The van der Waals surface area contributed by atoms with E-state index in [0.29, 0.717) is 0 Å². The molecule has 0 aliphatic carbocycles. The van der Waals surface area contributed by atoms with Gasteiger partial charge in [0.2, 0.25) is 0 Å². The van der Waals surface area contributed by atoms with E-state index in [1.807, 2.05) is 0 Å². The minimum Gasteiger partial charge on any atom is -0.328 e. The number of hydrogen-bond donors (Lipinski definition) is 3. The fourth-order valence-electron chi connectivity index (χ4n) is 0.437. The minimum absolute atomic E-state index is 0.143. The Morgan fingerprint density at radius 1 is 1.50 bits per heavy atom. The van der Waals surface area contributed by atoms with Crippen molar-refractivity contribution < 1.29 is 0 Å². The molecule has 3 heteroatoms. The largest absolute Gasteiger partial charge is 0.328 e. The van der Waals surface area contributed by atoms with Crippen LogP contribution in [-0.4, -0.2) is 10.6 Å². The molecule has 0 heterocycles. The van der Waals surface area contributed by atoms with Gasteiger partial charge in [-0.2, -0.15) is 25.3 Å². The van der Waals surface area contributed by atoms with E-state index < -0.39 is 0 Å². The van der Waals surface area contributed by atoms with Gasteiger partial charge < -0.3 is 5.73 Å². The third-order valence-electron chi connectivity index (χ3n) is 1.04. The second-order valence-corrected chi connectivity index (χ2v) is 3.54. The summed E-state index contributed by atoms with van der Waals surface area (Å²) in [6, 6.07) is 0.273. The van der Waals surface area contributed by atoms with Crippen LogP contribution in [0.5, 0.6) is 0 Å². The zero-order chi connectivity index (χ0) is 6.57. The Balaban J connectivity index is 3.10. The lowest BCUT2D eigenvalue weighted by molar-refractivity contribution is 0.626. The predicted molar refractivity (Wildman–Crippen MR) is 44.6 cm³/mol. The van der Waals surface area contributed by atoms with Gasteiger partial charge in [-0.05, 0) is 12.8 Å². The van der Waals surface area contributed by atoms with Crippen LogP contribution in [0.4, 0.5) is 0 Å². The summed E-state index contributed by atoms with van der Waals surface area (Å²) in [6.45, 7) is 2.06. The first-order valence-electron chi connectivity index (χ1n) is 2.78. The van der Waals surface area contributed by atoms with Crippen LogP contribution < -0.4 is 5.73 Å². The summed E-state index contributed by atoms with van der Waals surface area (Å²) in [4.78, 5) is 0. The van der Waals surface area contributed by atoms with Gasteiger partial charge in [-0.25, -0.2) is 0 Å². The van der Waals surface area contributed by atoms with Crippen molar-refractivity contribution in [2.24, 2.45) is 5.73 Å². The lowest BCUT2D eigenvalue weighted by Gasteiger charge is -2.08. The van der Waals surface area contributed by atoms with Gasteiger partial charge in [-0.1, -0.05) is 6.92 Å². The van der Waals surface area contributed by atoms with Crippen LogP contribution in [0.3, 0.4) is 0 Å². The molecular formula is C5H13NS2. The first kappa shape index (κ1) is 8.66. The Bertz CT molecular complexity index is 56.4. The van der Waals surface area contributed by atoms with E-state index in [9.17, 15) is 0 Å². The molecular weight excluding hydrogens is 138 g/mol. The number of thiol groups is 2. The number of hydrogen-bond acceptors (Lipinski definition) is 3. The second kappa shape index (κ2) is 4.53. The van der Waals surface area contributed by atoms with E-state index in [1.54, 1.807) is 0 Å². The van der Waals surface area contributed by atoms with Gasteiger partial charge in [0.25, 0.3) is 0 Å². The summed E-state index contributed by atoms with van der Waals surface area (Å²) < 4.78 is 0.143. The molecule has 50 valence electrons. The molecule has 0 fully saturated rings. The summed E-state index contributed by atoms with van der Waals surface area (Å²) in [5.74, 6) is 0. The molecule has 0 bridgehead atoms. The molecule has 0 radical (unpaired) electrons. The summed E-state index contributed by atoms with van der Waals surface area (Å²) >= 11 is 8.15. The highest BCUT2D eigenvalue weighted by Crippen LogP contribution is 2.08. The van der Waals surface area contributed by atoms with Crippen molar-refractivity contribution in [3.63, 3.8) is 0 Å². The smallest absolute Gasteiger partial charge is 0.0457 e. The van der Waals surface area contributed by atoms with Crippen molar-refractivity contribution in [2.45, 2.75) is 30.4 Å². The molecule has 0 aromatic rings. The van der Waals surface area contributed by atoms with Gasteiger partial charge in [-0.15, -0.1) is 0 Å². The Hall–Kier alpha value is 0.660. The van der Waals surface area contributed by atoms with E-state index in [1.165, 1.54) is 0 Å². The maximum atomic E-state index is 5.58. The first-order valence-corrected chi connectivity index (χ1v) is 3.81. The van der Waals surface area contributed by atoms with Crippen LogP contribution in [0.2, 0.25) is 0 Å². The average molecular weight is 151 g/mol. The Morgan fingerprint density at radius 2 is 2.00 bits per heavy atom. The molecule has 2 N–H and O–H groups in total. The normalized spacial score (nSPS) is 14.6. The van der Waals surface area contributed by atoms with Crippen molar-refractivity contribution in [1.29, 1.82) is 0 Å². The van der Waals surface area contributed by atoms with Crippen molar-refractivity contribution in [2.75, 3.05) is 0 Å². The SMILES string of the molecule is CCC(N)CC(S)S. The van der Waals surface area contributed by atoms with E-state index in [-0.39, 0.29) is 10.6 Å². The van der Waals surface area contributed by atoms with Crippen molar-refractivity contribution in [3.8, 4) is 0 Å². The molecule has 0 saturated heterocycles. The maximum Gasteiger partial charge on any atom is 0.0457 e. The second-order valence-electron chi connectivity index (χ2n) is 1.88. The third-order valence-corrected chi connectivity index (χ3v) is 1.46. The molecule has 0 amide bonds. The highest BCUT2D eigenvalue weighted by molar-refractivity contribution is 7.99. The molecule has 0 saturated carbocycles. The quantitative estimate of drug-likeness (QED) is 0.411. The summed E-state index contributed by atoms with van der Waals surface area (Å²) in [5, 5.41) is 0. The molecule has 0 aliphatic rings. The number of rotatable bonds is 3. The van der Waals surface area contributed by atoms with Crippen LogP contribution in [0.15, 0.2) is 0 Å². The van der Waals surface area contributed by atoms with E-state index in [2.05, 4.69) is 32.2 Å². The molecule has 0 aliphatic heterocycles. The molecule has 0 rings (SSSR count). The third kappa shape index (κ3) is 4.81. The molecule has 0 aromatic heterocycles. The average Bonchev–Trinajstić information content (AvgIpc) is 1.65. The Labute approximate surface area is 61.8 Å². The van der Waals surface area contributed by atoms with E-state index >= 15 is 0 Å². The number of nitrogens with two attached hydrogens (primary N) is 1. The summed E-state index contributed by atoms with van der Waals surface area (Å²) in [6.07, 6.45) is 1.90. The summed E-state index contributed by atoms with van der Waals surface area (Å²) in [5.41, 5.74) is 5.58. The highest BCUT2D eigenvalue weighted by atomic mass is 32.2. The molecule has 1 unspecified atom stereocenters.